The molecule has 29 heavy (non-hydrogen) atoms. The van der Waals surface area contributed by atoms with Crippen molar-refractivity contribution < 1.29 is 0 Å². The molecule has 1 N–H and O–H groups in total. The summed E-state index contributed by atoms with van der Waals surface area (Å²) in [4.78, 5) is 0. The lowest BCUT2D eigenvalue weighted by atomic mass is 10.1. The summed E-state index contributed by atoms with van der Waals surface area (Å²) in [5.74, 6) is 1.79. The Balaban J connectivity index is 2.14. The average Bonchev–Trinajstić information content (AvgIpc) is 3.24. The number of rotatable bonds is 3. The number of hydrogen-bond donors (Lipinski definition) is 1. The molecule has 0 amide bonds. The normalized spacial score (nSPS) is 12.5. The van der Waals surface area contributed by atoms with Crippen LogP contribution in [0.2, 0.25) is 0 Å². The van der Waals surface area contributed by atoms with Gasteiger partial charge in [0.05, 0.1) is 5.54 Å². The third kappa shape index (κ3) is 3.50. The van der Waals surface area contributed by atoms with Gasteiger partial charge in [-0.25, -0.2) is 4.68 Å². The summed E-state index contributed by atoms with van der Waals surface area (Å²) >= 11 is 0. The first-order valence-corrected chi connectivity index (χ1v) is 9.93. The highest BCUT2D eigenvalue weighted by molar-refractivity contribution is 6.04. The number of tetrazole rings is 1. The van der Waals surface area contributed by atoms with Crippen LogP contribution in [0.5, 0.6) is 0 Å². The molecule has 0 saturated carbocycles. The van der Waals surface area contributed by atoms with Crippen LogP contribution >= 0.6 is 0 Å². The molecule has 0 radical (unpaired) electrons. The Hall–Kier alpha value is -3.15. The van der Waals surface area contributed by atoms with E-state index < -0.39 is 0 Å². The van der Waals surface area contributed by atoms with Crippen LogP contribution < -0.4 is 5.32 Å². The minimum Gasteiger partial charge on any atom is -0.366 e. The molecule has 2 heterocycles. The van der Waals surface area contributed by atoms with Gasteiger partial charge >= 0.3 is 0 Å². The molecule has 4 rings (SSSR count). The molecular weight excluding hydrogens is 360 g/mol. The predicted molar refractivity (Wildman–Crippen MR) is 118 cm³/mol. The summed E-state index contributed by atoms with van der Waals surface area (Å²) in [6.07, 6.45) is 0. The molecule has 0 bridgehead atoms. The number of benzene rings is 2. The van der Waals surface area contributed by atoms with Crippen LogP contribution in [0.1, 0.15) is 41.5 Å². The van der Waals surface area contributed by atoms with E-state index in [2.05, 4.69) is 115 Å². The Kier molecular flexibility index (Phi) is 4.45. The van der Waals surface area contributed by atoms with Gasteiger partial charge in [-0.15, -0.1) is 5.10 Å². The molecular formula is C23H28N6. The average molecular weight is 389 g/mol. The highest BCUT2D eigenvalue weighted by atomic mass is 15.6. The standard InChI is InChI=1S/C23H28N6/c1-22(2,3)24-20-18-15-11-10-14-17(18)19(28(20)16-12-8-7-9-13-16)21-25-26-27-29(21)23(4,5)6/h7-15,24H,1-6H3. The van der Waals surface area contributed by atoms with Crippen molar-refractivity contribution in [3.05, 3.63) is 54.6 Å². The fourth-order valence-electron chi connectivity index (χ4n) is 3.57. The lowest BCUT2D eigenvalue weighted by Gasteiger charge is -2.25. The zero-order valence-electron chi connectivity index (χ0n) is 17.9. The van der Waals surface area contributed by atoms with Crippen molar-refractivity contribution in [1.82, 2.24) is 24.8 Å². The highest BCUT2D eigenvalue weighted by Crippen LogP contribution is 2.40. The zero-order valence-corrected chi connectivity index (χ0v) is 17.9. The Morgan fingerprint density at radius 1 is 0.793 bits per heavy atom. The number of nitrogens with zero attached hydrogens (tertiary/aromatic N) is 5. The maximum atomic E-state index is 4.45. The molecule has 2 aromatic heterocycles. The first kappa shape index (κ1) is 19.2. The molecule has 0 unspecified atom stereocenters. The van der Waals surface area contributed by atoms with Gasteiger partial charge < -0.3 is 5.32 Å². The third-order valence-corrected chi connectivity index (χ3v) is 4.71. The molecule has 0 saturated heterocycles. The molecule has 0 atom stereocenters. The second-order valence-corrected chi connectivity index (χ2v) is 9.37. The molecule has 4 aromatic rings. The molecule has 2 aromatic carbocycles. The summed E-state index contributed by atoms with van der Waals surface area (Å²) in [6, 6.07) is 18.8. The molecule has 6 heteroatoms. The summed E-state index contributed by atoms with van der Waals surface area (Å²) in [5.41, 5.74) is 1.69. The van der Waals surface area contributed by atoms with Crippen molar-refractivity contribution in [3.8, 4) is 17.2 Å². The first-order valence-electron chi connectivity index (χ1n) is 9.93. The van der Waals surface area contributed by atoms with Crippen molar-refractivity contribution in [2.24, 2.45) is 0 Å². The number of hydrogen-bond acceptors (Lipinski definition) is 4. The van der Waals surface area contributed by atoms with E-state index in [0.717, 1.165) is 33.8 Å². The smallest absolute Gasteiger partial charge is 0.200 e. The molecule has 0 aliphatic heterocycles. The van der Waals surface area contributed by atoms with Gasteiger partial charge in [-0.1, -0.05) is 42.5 Å². The fourth-order valence-corrected chi connectivity index (χ4v) is 3.57. The fraction of sp³-hybridized carbons (Fsp3) is 0.348. The molecule has 6 nitrogen and oxygen atoms in total. The number of nitrogens with one attached hydrogen (secondary N) is 1. The molecule has 0 aliphatic rings. The Morgan fingerprint density at radius 3 is 2.03 bits per heavy atom. The number of fused-ring (bicyclic) bond motifs is 1. The van der Waals surface area contributed by atoms with E-state index in [0.29, 0.717) is 0 Å². The van der Waals surface area contributed by atoms with Gasteiger partial charge in [0.15, 0.2) is 5.82 Å². The predicted octanol–water partition coefficient (Wildman–Crippen LogP) is 5.25. The van der Waals surface area contributed by atoms with Crippen LogP contribution in [-0.2, 0) is 5.54 Å². The van der Waals surface area contributed by atoms with Crippen molar-refractivity contribution in [3.63, 3.8) is 0 Å². The number of anilines is 1. The second-order valence-electron chi connectivity index (χ2n) is 9.37. The summed E-state index contributed by atoms with van der Waals surface area (Å²) in [7, 11) is 0. The van der Waals surface area contributed by atoms with E-state index >= 15 is 0 Å². The first-order chi connectivity index (χ1) is 13.7. The Labute approximate surface area is 171 Å². The monoisotopic (exact) mass is 388 g/mol. The van der Waals surface area contributed by atoms with Gasteiger partial charge in [-0.05, 0) is 64.1 Å². The van der Waals surface area contributed by atoms with Crippen molar-refractivity contribution in [1.29, 1.82) is 0 Å². The van der Waals surface area contributed by atoms with Gasteiger partial charge in [-0.2, -0.15) is 0 Å². The van der Waals surface area contributed by atoms with E-state index in [1.54, 1.807) is 0 Å². The van der Waals surface area contributed by atoms with Crippen molar-refractivity contribution in [2.45, 2.75) is 52.6 Å². The van der Waals surface area contributed by atoms with Crippen LogP contribution in [0.15, 0.2) is 54.6 Å². The van der Waals surface area contributed by atoms with Crippen LogP contribution in [0, 0.1) is 0 Å². The zero-order chi connectivity index (χ0) is 20.8. The van der Waals surface area contributed by atoms with E-state index in [9.17, 15) is 0 Å². The number of aromatic nitrogens is 5. The minimum absolute atomic E-state index is 0.110. The van der Waals surface area contributed by atoms with E-state index in [1.165, 1.54) is 0 Å². The third-order valence-electron chi connectivity index (χ3n) is 4.71. The van der Waals surface area contributed by atoms with Crippen LogP contribution in [-0.4, -0.2) is 30.3 Å². The van der Waals surface area contributed by atoms with Gasteiger partial charge in [-0.3, -0.25) is 4.57 Å². The maximum Gasteiger partial charge on any atom is 0.200 e. The SMILES string of the molecule is CC(C)(C)Nc1c2ccccc2c(-c2nnnn2C(C)(C)C)n1-c1ccccc1. The quantitative estimate of drug-likeness (QED) is 0.521. The van der Waals surface area contributed by atoms with Crippen LogP contribution in [0.25, 0.3) is 28.0 Å². The molecule has 150 valence electrons. The van der Waals surface area contributed by atoms with E-state index in [-0.39, 0.29) is 11.1 Å². The topological polar surface area (TPSA) is 60.6 Å². The van der Waals surface area contributed by atoms with E-state index in [1.807, 2.05) is 10.7 Å². The largest absolute Gasteiger partial charge is 0.366 e. The van der Waals surface area contributed by atoms with Gasteiger partial charge in [0.25, 0.3) is 0 Å². The van der Waals surface area contributed by atoms with E-state index in [4.69, 9.17) is 0 Å². The molecule has 0 fully saturated rings. The summed E-state index contributed by atoms with van der Waals surface area (Å²) < 4.78 is 4.14. The van der Waals surface area contributed by atoms with Crippen LogP contribution in [0.3, 0.4) is 0 Å². The summed E-state index contributed by atoms with van der Waals surface area (Å²) in [5, 5.41) is 18.8. The minimum atomic E-state index is -0.247. The number of para-hydroxylation sites is 1. The molecule has 0 spiro atoms. The second kappa shape index (κ2) is 6.72. The van der Waals surface area contributed by atoms with Gasteiger partial charge in [0.1, 0.15) is 11.5 Å². The van der Waals surface area contributed by atoms with Crippen LogP contribution in [0.4, 0.5) is 5.82 Å². The Morgan fingerprint density at radius 2 is 1.41 bits per heavy atom. The highest BCUT2D eigenvalue weighted by Gasteiger charge is 2.28. The lowest BCUT2D eigenvalue weighted by molar-refractivity contribution is 0.350. The lowest BCUT2D eigenvalue weighted by Crippen LogP contribution is -2.28. The summed E-state index contributed by atoms with van der Waals surface area (Å²) in [6.45, 7) is 12.8. The van der Waals surface area contributed by atoms with Gasteiger partial charge in [0, 0.05) is 22.0 Å². The molecule has 0 aliphatic carbocycles. The van der Waals surface area contributed by atoms with Crippen molar-refractivity contribution in [2.75, 3.05) is 5.32 Å². The maximum absolute atomic E-state index is 4.45. The van der Waals surface area contributed by atoms with Gasteiger partial charge in [0.2, 0.25) is 0 Å². The van der Waals surface area contributed by atoms with Crippen molar-refractivity contribution >= 4 is 16.6 Å². The Bertz CT molecular complexity index is 1140.